The first-order valence-corrected chi connectivity index (χ1v) is 6.66. The molecule has 1 aromatic carbocycles. The largest absolute Gasteiger partial charge is 0.493 e. The van der Waals surface area contributed by atoms with E-state index in [0.717, 1.165) is 12.0 Å². The third-order valence-corrected chi connectivity index (χ3v) is 3.09. The molecule has 1 N–H and O–H groups in total. The van der Waals surface area contributed by atoms with E-state index in [0.29, 0.717) is 29.4 Å². The molecule has 0 fully saturated rings. The van der Waals surface area contributed by atoms with E-state index in [1.807, 2.05) is 12.1 Å². The van der Waals surface area contributed by atoms with Crippen LogP contribution in [0.1, 0.15) is 11.1 Å². The molecule has 112 valence electrons. The van der Waals surface area contributed by atoms with Crippen molar-refractivity contribution in [3.8, 4) is 17.2 Å². The number of nitrogens with zero attached hydrogens (tertiary/aromatic N) is 1. The topological polar surface area (TPSA) is 60.8 Å². The molecule has 0 aliphatic carbocycles. The van der Waals surface area contributed by atoms with Crippen LogP contribution < -0.4 is 14.2 Å². The Kier molecular flexibility index (Phi) is 5.40. The number of benzene rings is 1. The summed E-state index contributed by atoms with van der Waals surface area (Å²) in [6.45, 7) is 0.416. The van der Waals surface area contributed by atoms with E-state index < -0.39 is 0 Å². The summed E-state index contributed by atoms with van der Waals surface area (Å²) >= 11 is 0. The maximum atomic E-state index is 9.24. The van der Waals surface area contributed by atoms with Crippen molar-refractivity contribution in [2.75, 3.05) is 20.8 Å². The van der Waals surface area contributed by atoms with Gasteiger partial charge in [0.2, 0.25) is 5.75 Å². The Bertz CT molecular complexity index is 547. The lowest BCUT2D eigenvalue weighted by atomic mass is 10.2. The van der Waals surface area contributed by atoms with Crippen molar-refractivity contribution < 1.29 is 19.3 Å². The van der Waals surface area contributed by atoms with Crippen LogP contribution in [0.2, 0.25) is 0 Å². The highest BCUT2D eigenvalue weighted by Gasteiger charge is 2.14. The first-order chi connectivity index (χ1) is 10.3. The third kappa shape index (κ3) is 3.86. The van der Waals surface area contributed by atoms with Crippen LogP contribution in [0.3, 0.4) is 0 Å². The van der Waals surface area contributed by atoms with E-state index in [1.54, 1.807) is 38.7 Å². The summed E-state index contributed by atoms with van der Waals surface area (Å²) in [7, 11) is 3.12. The second-order valence-corrected chi connectivity index (χ2v) is 4.44. The molecule has 0 aliphatic rings. The zero-order chi connectivity index (χ0) is 15.1. The quantitative estimate of drug-likeness (QED) is 0.847. The fourth-order valence-electron chi connectivity index (χ4n) is 1.99. The average Bonchev–Trinajstić information content (AvgIpc) is 2.55. The van der Waals surface area contributed by atoms with Gasteiger partial charge in [0, 0.05) is 18.8 Å². The Morgan fingerprint density at radius 2 is 1.62 bits per heavy atom. The first kappa shape index (κ1) is 15.1. The van der Waals surface area contributed by atoms with Crippen molar-refractivity contribution in [3.05, 3.63) is 47.8 Å². The van der Waals surface area contributed by atoms with E-state index >= 15 is 0 Å². The summed E-state index contributed by atoms with van der Waals surface area (Å²) in [6.07, 6.45) is 4.27. The lowest BCUT2D eigenvalue weighted by Crippen LogP contribution is -2.05. The normalized spacial score (nSPS) is 10.2. The van der Waals surface area contributed by atoms with Gasteiger partial charge in [0.05, 0.1) is 27.4 Å². The minimum absolute atomic E-state index is 0.0793. The van der Waals surface area contributed by atoms with E-state index in [2.05, 4.69) is 4.98 Å². The van der Waals surface area contributed by atoms with Crippen LogP contribution in [-0.2, 0) is 13.0 Å². The fraction of sp³-hybridized carbons (Fsp3) is 0.312. The van der Waals surface area contributed by atoms with Gasteiger partial charge in [-0.3, -0.25) is 4.98 Å². The van der Waals surface area contributed by atoms with Crippen LogP contribution in [0.4, 0.5) is 0 Å². The Labute approximate surface area is 124 Å². The molecule has 21 heavy (non-hydrogen) atoms. The molecule has 0 radical (unpaired) electrons. The van der Waals surface area contributed by atoms with Gasteiger partial charge < -0.3 is 19.3 Å². The van der Waals surface area contributed by atoms with E-state index in [4.69, 9.17) is 14.2 Å². The van der Waals surface area contributed by atoms with Gasteiger partial charge in [0.15, 0.2) is 11.5 Å². The van der Waals surface area contributed by atoms with Crippen LogP contribution in [0.5, 0.6) is 17.2 Å². The predicted molar refractivity (Wildman–Crippen MR) is 78.9 cm³/mol. The van der Waals surface area contributed by atoms with Gasteiger partial charge in [-0.05, 0) is 35.4 Å². The number of aliphatic hydroxyl groups excluding tert-OH is 1. The van der Waals surface area contributed by atoms with Gasteiger partial charge in [0.25, 0.3) is 0 Å². The molecule has 0 aliphatic heterocycles. The highest BCUT2D eigenvalue weighted by Crippen LogP contribution is 2.38. The zero-order valence-corrected chi connectivity index (χ0v) is 12.2. The molecule has 2 rings (SSSR count). The van der Waals surface area contributed by atoms with E-state index in [-0.39, 0.29) is 6.61 Å². The smallest absolute Gasteiger partial charge is 0.203 e. The van der Waals surface area contributed by atoms with Crippen LogP contribution >= 0.6 is 0 Å². The second-order valence-electron chi connectivity index (χ2n) is 4.44. The second kappa shape index (κ2) is 7.50. The molecule has 0 amide bonds. The Balaban J connectivity index is 2.11. The van der Waals surface area contributed by atoms with Crippen molar-refractivity contribution in [2.45, 2.75) is 13.0 Å². The standard InChI is InChI=1S/C16H19NO4/c1-19-14-9-13(11-18)10-15(20-2)16(14)21-8-5-12-3-6-17-7-4-12/h3-4,6-7,9-10,18H,5,8,11H2,1-2H3. The van der Waals surface area contributed by atoms with Crippen LogP contribution in [-0.4, -0.2) is 30.9 Å². The van der Waals surface area contributed by atoms with Crippen molar-refractivity contribution in [1.82, 2.24) is 4.98 Å². The third-order valence-electron chi connectivity index (χ3n) is 3.09. The number of aromatic nitrogens is 1. The number of methoxy groups -OCH3 is 2. The van der Waals surface area contributed by atoms with Gasteiger partial charge in [0.1, 0.15) is 0 Å². The number of hydrogen-bond donors (Lipinski definition) is 1. The van der Waals surface area contributed by atoms with Crippen molar-refractivity contribution in [3.63, 3.8) is 0 Å². The minimum Gasteiger partial charge on any atom is -0.493 e. The summed E-state index contributed by atoms with van der Waals surface area (Å²) in [5.74, 6) is 1.65. The molecule has 1 aromatic heterocycles. The summed E-state index contributed by atoms with van der Waals surface area (Å²) in [5, 5.41) is 9.24. The monoisotopic (exact) mass is 289 g/mol. The van der Waals surface area contributed by atoms with Gasteiger partial charge >= 0.3 is 0 Å². The molecular weight excluding hydrogens is 270 g/mol. The highest BCUT2D eigenvalue weighted by molar-refractivity contribution is 5.53. The summed E-state index contributed by atoms with van der Waals surface area (Å²) in [5.41, 5.74) is 1.86. The number of hydrogen-bond acceptors (Lipinski definition) is 5. The molecule has 0 saturated carbocycles. The molecule has 5 nitrogen and oxygen atoms in total. The van der Waals surface area contributed by atoms with Crippen molar-refractivity contribution >= 4 is 0 Å². The molecule has 5 heteroatoms. The lowest BCUT2D eigenvalue weighted by molar-refractivity contribution is 0.267. The molecule has 2 aromatic rings. The van der Waals surface area contributed by atoms with Gasteiger partial charge in [-0.1, -0.05) is 0 Å². The van der Waals surface area contributed by atoms with Crippen LogP contribution in [0, 0.1) is 0 Å². The zero-order valence-electron chi connectivity index (χ0n) is 12.2. The molecule has 1 heterocycles. The molecular formula is C16H19NO4. The fourth-order valence-corrected chi connectivity index (χ4v) is 1.99. The number of ether oxygens (including phenoxy) is 3. The Morgan fingerprint density at radius 3 is 2.14 bits per heavy atom. The summed E-state index contributed by atoms with van der Waals surface area (Å²) in [6, 6.07) is 7.38. The summed E-state index contributed by atoms with van der Waals surface area (Å²) in [4.78, 5) is 3.98. The Morgan fingerprint density at radius 1 is 1.00 bits per heavy atom. The van der Waals surface area contributed by atoms with Crippen LogP contribution in [0.15, 0.2) is 36.7 Å². The number of rotatable bonds is 7. The minimum atomic E-state index is -0.0793. The maximum Gasteiger partial charge on any atom is 0.203 e. The van der Waals surface area contributed by atoms with E-state index in [9.17, 15) is 5.11 Å². The highest BCUT2D eigenvalue weighted by atomic mass is 16.5. The van der Waals surface area contributed by atoms with Crippen molar-refractivity contribution in [1.29, 1.82) is 0 Å². The maximum absolute atomic E-state index is 9.24. The van der Waals surface area contributed by atoms with Crippen molar-refractivity contribution in [2.24, 2.45) is 0 Å². The molecule has 0 atom stereocenters. The SMILES string of the molecule is COc1cc(CO)cc(OC)c1OCCc1ccncc1. The average molecular weight is 289 g/mol. The summed E-state index contributed by atoms with van der Waals surface area (Å²) < 4.78 is 16.4. The molecule has 0 unspecified atom stereocenters. The number of aliphatic hydroxyl groups is 1. The predicted octanol–water partition coefficient (Wildman–Crippen LogP) is 2.21. The lowest BCUT2D eigenvalue weighted by Gasteiger charge is -2.15. The van der Waals surface area contributed by atoms with Gasteiger partial charge in [-0.25, -0.2) is 0 Å². The molecule has 0 saturated heterocycles. The van der Waals surface area contributed by atoms with E-state index in [1.165, 1.54) is 0 Å². The molecule has 0 bridgehead atoms. The first-order valence-electron chi connectivity index (χ1n) is 6.66. The van der Waals surface area contributed by atoms with Crippen LogP contribution in [0.25, 0.3) is 0 Å². The Hall–Kier alpha value is -2.27. The van der Waals surface area contributed by atoms with Gasteiger partial charge in [-0.15, -0.1) is 0 Å². The van der Waals surface area contributed by atoms with Gasteiger partial charge in [-0.2, -0.15) is 0 Å². The number of pyridine rings is 1. The molecule has 0 spiro atoms.